The molecular weight excluding hydrogens is 292 g/mol. The smallest absolute Gasteiger partial charge is 0.231 e. The van der Waals surface area contributed by atoms with E-state index in [4.69, 9.17) is 9.47 Å². The van der Waals surface area contributed by atoms with Crippen LogP contribution in [0.3, 0.4) is 0 Å². The van der Waals surface area contributed by atoms with Crippen LogP contribution < -0.4 is 9.47 Å². The number of hydrogen-bond donors (Lipinski definition) is 0. The number of benzene rings is 1. The van der Waals surface area contributed by atoms with Gasteiger partial charge in [-0.05, 0) is 31.0 Å². The van der Waals surface area contributed by atoms with Crippen molar-refractivity contribution in [2.24, 2.45) is 5.92 Å². The molecule has 0 spiro atoms. The highest BCUT2D eigenvalue weighted by Gasteiger charge is 2.34. The second kappa shape index (κ2) is 5.91. The number of aromatic nitrogens is 1. The van der Waals surface area contributed by atoms with Crippen molar-refractivity contribution in [3.63, 3.8) is 0 Å². The lowest BCUT2D eigenvalue weighted by Crippen LogP contribution is -2.31. The average molecular weight is 310 g/mol. The Morgan fingerprint density at radius 3 is 2.83 bits per heavy atom. The minimum absolute atomic E-state index is 0.174. The van der Waals surface area contributed by atoms with Crippen LogP contribution in [-0.4, -0.2) is 22.6 Å². The SMILES string of the molecule is O=C(C1CC1)N(Cc1ccccn1)Cc1cccc2c1OCO2. The summed E-state index contributed by atoms with van der Waals surface area (Å²) < 4.78 is 11.0. The molecule has 4 rings (SSSR count). The lowest BCUT2D eigenvalue weighted by atomic mass is 10.1. The van der Waals surface area contributed by atoms with Crippen molar-refractivity contribution >= 4 is 5.91 Å². The zero-order valence-corrected chi connectivity index (χ0v) is 12.8. The molecule has 0 unspecified atom stereocenters. The summed E-state index contributed by atoms with van der Waals surface area (Å²) >= 11 is 0. The third kappa shape index (κ3) is 2.99. The van der Waals surface area contributed by atoms with Crippen LogP contribution in [0.25, 0.3) is 0 Å². The van der Waals surface area contributed by atoms with E-state index in [1.54, 1.807) is 6.20 Å². The van der Waals surface area contributed by atoms with Crippen molar-refractivity contribution in [2.45, 2.75) is 25.9 Å². The quantitative estimate of drug-likeness (QED) is 0.852. The van der Waals surface area contributed by atoms with Crippen LogP contribution in [0.1, 0.15) is 24.1 Å². The number of carbonyl (C=O) groups excluding carboxylic acids is 1. The number of hydrogen-bond acceptors (Lipinski definition) is 4. The molecule has 1 saturated carbocycles. The van der Waals surface area contributed by atoms with Gasteiger partial charge in [0.2, 0.25) is 12.7 Å². The van der Waals surface area contributed by atoms with Gasteiger partial charge in [0, 0.05) is 24.2 Å². The summed E-state index contributed by atoms with van der Waals surface area (Å²) in [4.78, 5) is 18.9. The lowest BCUT2D eigenvalue weighted by Gasteiger charge is -2.23. The van der Waals surface area contributed by atoms with Crippen molar-refractivity contribution in [1.29, 1.82) is 0 Å². The highest BCUT2D eigenvalue weighted by atomic mass is 16.7. The number of rotatable bonds is 5. The highest BCUT2D eigenvalue weighted by Crippen LogP contribution is 2.37. The molecule has 1 fully saturated rings. The van der Waals surface area contributed by atoms with E-state index in [0.29, 0.717) is 13.1 Å². The van der Waals surface area contributed by atoms with Crippen molar-refractivity contribution < 1.29 is 14.3 Å². The molecule has 23 heavy (non-hydrogen) atoms. The van der Waals surface area contributed by atoms with E-state index in [9.17, 15) is 4.79 Å². The fourth-order valence-corrected chi connectivity index (χ4v) is 2.81. The number of carbonyl (C=O) groups is 1. The molecule has 5 nitrogen and oxygen atoms in total. The second-order valence-corrected chi connectivity index (χ2v) is 5.94. The Hall–Kier alpha value is -2.56. The standard InChI is InChI=1S/C18H18N2O3/c21-18(13-7-8-13)20(11-15-5-1-2-9-19-15)10-14-4-3-6-16-17(14)23-12-22-16/h1-6,9,13H,7-8,10-12H2. The van der Waals surface area contributed by atoms with Crippen molar-refractivity contribution in [3.8, 4) is 11.5 Å². The number of nitrogens with zero attached hydrogens (tertiary/aromatic N) is 2. The van der Waals surface area contributed by atoms with Gasteiger partial charge in [0.25, 0.3) is 0 Å². The van der Waals surface area contributed by atoms with Gasteiger partial charge in [0.15, 0.2) is 11.5 Å². The van der Waals surface area contributed by atoms with Gasteiger partial charge >= 0.3 is 0 Å². The highest BCUT2D eigenvalue weighted by molar-refractivity contribution is 5.81. The maximum absolute atomic E-state index is 12.6. The van der Waals surface area contributed by atoms with Crippen LogP contribution in [-0.2, 0) is 17.9 Å². The van der Waals surface area contributed by atoms with Crippen LogP contribution in [0.5, 0.6) is 11.5 Å². The summed E-state index contributed by atoms with van der Waals surface area (Å²) in [6, 6.07) is 11.6. The number of fused-ring (bicyclic) bond motifs is 1. The molecule has 0 N–H and O–H groups in total. The van der Waals surface area contributed by atoms with E-state index in [1.807, 2.05) is 41.3 Å². The molecule has 0 bridgehead atoms. The summed E-state index contributed by atoms with van der Waals surface area (Å²) in [7, 11) is 0. The Balaban J connectivity index is 1.58. The molecule has 1 amide bonds. The van der Waals surface area contributed by atoms with E-state index in [-0.39, 0.29) is 18.6 Å². The number of amides is 1. The van der Waals surface area contributed by atoms with E-state index in [2.05, 4.69) is 4.98 Å². The summed E-state index contributed by atoms with van der Waals surface area (Å²) in [6.45, 7) is 1.27. The Labute approximate surface area is 134 Å². The zero-order valence-electron chi connectivity index (χ0n) is 12.8. The normalized spacial score (nSPS) is 15.5. The maximum Gasteiger partial charge on any atom is 0.231 e. The first-order chi connectivity index (χ1) is 11.3. The van der Waals surface area contributed by atoms with Gasteiger partial charge in [-0.2, -0.15) is 0 Å². The van der Waals surface area contributed by atoms with Gasteiger partial charge in [-0.3, -0.25) is 9.78 Å². The largest absolute Gasteiger partial charge is 0.454 e. The molecule has 0 saturated heterocycles. The molecule has 118 valence electrons. The first kappa shape index (κ1) is 14.1. The van der Waals surface area contributed by atoms with Crippen LogP contribution in [0.4, 0.5) is 0 Å². The first-order valence-corrected chi connectivity index (χ1v) is 7.87. The zero-order chi connectivity index (χ0) is 15.6. The van der Waals surface area contributed by atoms with Crippen molar-refractivity contribution in [3.05, 3.63) is 53.9 Å². The fraction of sp³-hybridized carbons (Fsp3) is 0.333. The Morgan fingerprint density at radius 2 is 2.04 bits per heavy atom. The molecule has 2 aliphatic rings. The Kier molecular flexibility index (Phi) is 3.61. The van der Waals surface area contributed by atoms with E-state index < -0.39 is 0 Å². The minimum Gasteiger partial charge on any atom is -0.454 e. The molecule has 1 aliphatic heterocycles. The molecule has 1 aliphatic carbocycles. The molecular formula is C18H18N2O3. The molecule has 1 aromatic carbocycles. The predicted molar refractivity (Wildman–Crippen MR) is 83.8 cm³/mol. The lowest BCUT2D eigenvalue weighted by molar-refractivity contribution is -0.133. The van der Waals surface area contributed by atoms with Gasteiger partial charge in [-0.1, -0.05) is 18.2 Å². The number of pyridine rings is 1. The first-order valence-electron chi connectivity index (χ1n) is 7.87. The van der Waals surface area contributed by atoms with Crippen LogP contribution in [0.2, 0.25) is 0 Å². The monoisotopic (exact) mass is 310 g/mol. The fourth-order valence-electron chi connectivity index (χ4n) is 2.81. The average Bonchev–Trinajstić information content (AvgIpc) is 3.32. The van der Waals surface area contributed by atoms with Crippen molar-refractivity contribution in [1.82, 2.24) is 9.88 Å². The second-order valence-electron chi connectivity index (χ2n) is 5.94. The molecule has 0 atom stereocenters. The summed E-state index contributed by atoms with van der Waals surface area (Å²) in [6.07, 6.45) is 3.74. The Bertz CT molecular complexity index is 713. The van der Waals surface area contributed by atoms with Gasteiger partial charge in [-0.15, -0.1) is 0 Å². The van der Waals surface area contributed by atoms with Gasteiger partial charge < -0.3 is 14.4 Å². The summed E-state index contributed by atoms with van der Waals surface area (Å²) in [5.74, 6) is 1.88. The third-order valence-corrected chi connectivity index (χ3v) is 4.16. The van der Waals surface area contributed by atoms with E-state index >= 15 is 0 Å². The number of para-hydroxylation sites is 1. The predicted octanol–water partition coefficient (Wildman–Crippen LogP) is 2.75. The van der Waals surface area contributed by atoms with Crippen LogP contribution in [0, 0.1) is 5.92 Å². The molecule has 5 heteroatoms. The Morgan fingerprint density at radius 1 is 1.13 bits per heavy atom. The summed E-state index contributed by atoms with van der Waals surface area (Å²) in [5.41, 5.74) is 1.87. The molecule has 0 radical (unpaired) electrons. The summed E-state index contributed by atoms with van der Waals surface area (Å²) in [5, 5.41) is 0. The third-order valence-electron chi connectivity index (χ3n) is 4.16. The minimum atomic E-state index is 0.174. The molecule has 2 heterocycles. The maximum atomic E-state index is 12.6. The number of ether oxygens (including phenoxy) is 2. The van der Waals surface area contributed by atoms with Gasteiger partial charge in [-0.25, -0.2) is 0 Å². The van der Waals surface area contributed by atoms with Gasteiger partial charge in [0.1, 0.15) is 0 Å². The van der Waals surface area contributed by atoms with Crippen LogP contribution in [0.15, 0.2) is 42.6 Å². The van der Waals surface area contributed by atoms with E-state index in [0.717, 1.165) is 35.6 Å². The topological polar surface area (TPSA) is 51.7 Å². The van der Waals surface area contributed by atoms with Crippen molar-refractivity contribution in [2.75, 3.05) is 6.79 Å². The van der Waals surface area contributed by atoms with E-state index in [1.165, 1.54) is 0 Å². The molecule has 2 aromatic rings. The molecule has 1 aromatic heterocycles. The van der Waals surface area contributed by atoms with Crippen LogP contribution >= 0.6 is 0 Å². The van der Waals surface area contributed by atoms with Gasteiger partial charge in [0.05, 0.1) is 12.2 Å².